The molecular weight excluding hydrogens is 485 g/mol. The van der Waals surface area contributed by atoms with Gasteiger partial charge in [-0.1, -0.05) is 23.2 Å². The Bertz CT molecular complexity index is 1270. The van der Waals surface area contributed by atoms with E-state index in [1.54, 1.807) is 17.0 Å². The van der Waals surface area contributed by atoms with Crippen LogP contribution in [0.2, 0.25) is 10.0 Å². The lowest BCUT2D eigenvalue weighted by Gasteiger charge is -2.42. The second-order valence-electron chi connectivity index (χ2n) is 9.93. The first-order chi connectivity index (χ1) is 16.7. The average Bonchev–Trinajstić information content (AvgIpc) is 2.83. The SMILES string of the molecule is CN(C)CC1CCC(N2C(=O)N(C)Cc3cnc4ccc(-c5cc(Cl)c(O)c(Cl)c5)nc4c32)CC1. The van der Waals surface area contributed by atoms with Gasteiger partial charge in [-0.15, -0.1) is 0 Å². The predicted molar refractivity (Wildman–Crippen MR) is 140 cm³/mol. The molecular formula is C26H29Cl2N5O2. The third kappa shape index (κ3) is 4.53. The zero-order valence-electron chi connectivity index (χ0n) is 20.1. The predicted octanol–water partition coefficient (Wildman–Crippen LogP) is 5.80. The molecule has 1 aliphatic heterocycles. The van der Waals surface area contributed by atoms with Crippen LogP contribution in [0.15, 0.2) is 30.5 Å². The van der Waals surface area contributed by atoms with Crippen molar-refractivity contribution in [2.45, 2.75) is 38.3 Å². The number of anilines is 1. The highest BCUT2D eigenvalue weighted by molar-refractivity contribution is 6.37. The lowest BCUT2D eigenvalue weighted by atomic mass is 9.84. The molecule has 1 saturated carbocycles. The van der Waals surface area contributed by atoms with Crippen molar-refractivity contribution in [3.63, 3.8) is 0 Å². The Balaban J connectivity index is 1.58. The number of urea groups is 1. The van der Waals surface area contributed by atoms with Crippen LogP contribution in [0.4, 0.5) is 10.5 Å². The summed E-state index contributed by atoms with van der Waals surface area (Å²) in [6, 6.07) is 7.17. The van der Waals surface area contributed by atoms with Gasteiger partial charge in [0.1, 0.15) is 5.52 Å². The zero-order valence-corrected chi connectivity index (χ0v) is 21.6. The molecule has 1 aromatic carbocycles. The molecule has 3 aromatic rings. The van der Waals surface area contributed by atoms with Crippen LogP contribution in [0, 0.1) is 5.92 Å². The van der Waals surface area contributed by atoms with Crippen molar-refractivity contribution >= 4 is 46.0 Å². The van der Waals surface area contributed by atoms with Crippen LogP contribution in [-0.4, -0.2) is 64.6 Å². The molecule has 0 saturated heterocycles. The summed E-state index contributed by atoms with van der Waals surface area (Å²) in [5, 5.41) is 10.3. The van der Waals surface area contributed by atoms with Crippen molar-refractivity contribution in [2.75, 3.05) is 32.6 Å². The lowest BCUT2D eigenvalue weighted by Crippen LogP contribution is -2.51. The average molecular weight is 514 g/mol. The molecule has 2 aliphatic rings. The Hall–Kier alpha value is -2.61. The third-order valence-electron chi connectivity index (χ3n) is 7.06. The number of rotatable bonds is 4. The monoisotopic (exact) mass is 513 g/mol. The Labute approximate surface area is 215 Å². The van der Waals surface area contributed by atoms with Crippen LogP contribution in [0.25, 0.3) is 22.3 Å². The number of aromatic hydroxyl groups is 1. The van der Waals surface area contributed by atoms with E-state index in [2.05, 4.69) is 24.0 Å². The number of pyridine rings is 2. The molecule has 1 N–H and O–H groups in total. The van der Waals surface area contributed by atoms with E-state index in [1.165, 1.54) is 0 Å². The second-order valence-corrected chi connectivity index (χ2v) is 10.7. The van der Waals surface area contributed by atoms with Crippen molar-refractivity contribution in [2.24, 2.45) is 5.92 Å². The molecule has 0 radical (unpaired) electrons. The second kappa shape index (κ2) is 9.45. The number of hydrogen-bond acceptors (Lipinski definition) is 5. The number of hydrogen-bond donors (Lipinski definition) is 1. The molecule has 1 aliphatic carbocycles. The summed E-state index contributed by atoms with van der Waals surface area (Å²) in [6.07, 6.45) is 5.98. The summed E-state index contributed by atoms with van der Waals surface area (Å²) in [5.41, 5.74) is 4.60. The van der Waals surface area contributed by atoms with E-state index in [1.807, 2.05) is 30.3 Å². The number of carbonyl (C=O) groups is 1. The van der Waals surface area contributed by atoms with E-state index in [0.717, 1.165) is 49.0 Å². The summed E-state index contributed by atoms with van der Waals surface area (Å²) in [7, 11) is 6.06. The Morgan fingerprint density at radius 1 is 1.11 bits per heavy atom. The minimum absolute atomic E-state index is 0.00369. The van der Waals surface area contributed by atoms with E-state index in [0.29, 0.717) is 29.2 Å². The fourth-order valence-electron chi connectivity index (χ4n) is 5.39. The molecule has 0 atom stereocenters. The Morgan fingerprint density at radius 2 is 1.80 bits per heavy atom. The van der Waals surface area contributed by atoms with Crippen LogP contribution in [0.3, 0.4) is 0 Å². The molecule has 0 unspecified atom stereocenters. The zero-order chi connectivity index (χ0) is 24.9. The fraction of sp³-hybridized carbons (Fsp3) is 0.423. The number of carbonyl (C=O) groups excluding carboxylic acids is 1. The van der Waals surface area contributed by atoms with Gasteiger partial charge in [0.05, 0.1) is 33.5 Å². The first kappa shape index (κ1) is 24.1. The fourth-order valence-corrected chi connectivity index (χ4v) is 5.88. The first-order valence-corrected chi connectivity index (χ1v) is 12.6. The summed E-state index contributed by atoms with van der Waals surface area (Å²) < 4.78 is 0. The largest absolute Gasteiger partial charge is 0.505 e. The van der Waals surface area contributed by atoms with Crippen LogP contribution < -0.4 is 4.90 Å². The maximum Gasteiger partial charge on any atom is 0.324 e. The lowest BCUT2D eigenvalue weighted by molar-refractivity contribution is 0.198. The molecule has 3 heterocycles. The topological polar surface area (TPSA) is 72.8 Å². The normalized spacial score (nSPS) is 20.6. The van der Waals surface area contributed by atoms with Gasteiger partial charge in [0.15, 0.2) is 5.75 Å². The third-order valence-corrected chi connectivity index (χ3v) is 7.64. The van der Waals surface area contributed by atoms with E-state index < -0.39 is 0 Å². The number of nitrogens with zero attached hydrogens (tertiary/aromatic N) is 5. The van der Waals surface area contributed by atoms with Crippen LogP contribution in [-0.2, 0) is 6.54 Å². The number of phenolic OH excluding ortho intramolecular Hbond substituents is 1. The van der Waals surface area contributed by atoms with Gasteiger partial charge >= 0.3 is 6.03 Å². The smallest absolute Gasteiger partial charge is 0.324 e. The molecule has 0 spiro atoms. The molecule has 184 valence electrons. The van der Waals surface area contributed by atoms with E-state index in [9.17, 15) is 9.90 Å². The molecule has 0 bridgehead atoms. The van der Waals surface area contributed by atoms with Crippen molar-refractivity contribution in [1.29, 1.82) is 0 Å². The Morgan fingerprint density at radius 3 is 2.46 bits per heavy atom. The van der Waals surface area contributed by atoms with E-state index in [-0.39, 0.29) is 27.9 Å². The van der Waals surface area contributed by atoms with E-state index >= 15 is 0 Å². The van der Waals surface area contributed by atoms with E-state index in [4.69, 9.17) is 28.2 Å². The van der Waals surface area contributed by atoms with Gasteiger partial charge in [-0.2, -0.15) is 0 Å². The van der Waals surface area contributed by atoms with Crippen LogP contribution in [0.5, 0.6) is 5.75 Å². The summed E-state index contributed by atoms with van der Waals surface area (Å²) in [5.74, 6) is 0.503. The van der Waals surface area contributed by atoms with Gasteiger partial charge in [-0.25, -0.2) is 9.78 Å². The molecule has 5 rings (SSSR count). The Kier molecular flexibility index (Phi) is 6.51. The van der Waals surface area contributed by atoms with Crippen molar-refractivity contribution < 1.29 is 9.90 Å². The molecule has 2 aromatic heterocycles. The van der Waals surface area contributed by atoms with Crippen molar-refractivity contribution in [1.82, 2.24) is 19.8 Å². The highest BCUT2D eigenvalue weighted by atomic mass is 35.5. The number of benzene rings is 1. The van der Waals surface area contributed by atoms with Gasteiger partial charge in [-0.05, 0) is 70.0 Å². The number of aromatic nitrogens is 2. The summed E-state index contributed by atoms with van der Waals surface area (Å²) in [4.78, 5) is 29.0. The van der Waals surface area contributed by atoms with Gasteiger partial charge in [0.25, 0.3) is 0 Å². The minimum atomic E-state index is -0.151. The van der Waals surface area contributed by atoms with Gasteiger partial charge in [-0.3, -0.25) is 9.88 Å². The van der Waals surface area contributed by atoms with Crippen LogP contribution >= 0.6 is 23.2 Å². The van der Waals surface area contributed by atoms with Crippen LogP contribution in [0.1, 0.15) is 31.2 Å². The van der Waals surface area contributed by atoms with Gasteiger partial charge in [0.2, 0.25) is 0 Å². The summed E-state index contributed by atoms with van der Waals surface area (Å²) >= 11 is 12.3. The highest BCUT2D eigenvalue weighted by Crippen LogP contribution is 2.41. The molecule has 9 heteroatoms. The molecule has 7 nitrogen and oxygen atoms in total. The molecule has 1 fully saturated rings. The maximum absolute atomic E-state index is 13.5. The maximum atomic E-state index is 13.5. The number of phenols is 1. The number of amides is 2. The quantitative estimate of drug-likeness (QED) is 0.477. The number of halogens is 2. The van der Waals surface area contributed by atoms with Gasteiger partial charge in [0, 0.05) is 37.0 Å². The molecule has 35 heavy (non-hydrogen) atoms. The number of fused-ring (bicyclic) bond motifs is 3. The van der Waals surface area contributed by atoms with Crippen molar-refractivity contribution in [3.05, 3.63) is 46.1 Å². The first-order valence-electron chi connectivity index (χ1n) is 11.9. The standard InChI is InChI=1S/C26H29Cl2N5O2/c1-31(2)13-15-4-6-18(7-5-15)33-24-17(14-32(3)26(33)35)12-29-22-9-8-21(30-23(22)24)16-10-19(27)25(34)20(28)11-16/h8-12,15,18,34H,4-7,13-14H2,1-3H3. The minimum Gasteiger partial charge on any atom is -0.505 e. The highest BCUT2D eigenvalue weighted by Gasteiger charge is 2.37. The summed E-state index contributed by atoms with van der Waals surface area (Å²) in [6.45, 7) is 1.57. The molecule has 2 amide bonds. The van der Waals surface area contributed by atoms with Crippen molar-refractivity contribution in [3.8, 4) is 17.0 Å². The van der Waals surface area contributed by atoms with Gasteiger partial charge < -0.3 is 14.9 Å².